The van der Waals surface area contributed by atoms with Crippen molar-refractivity contribution in [2.24, 2.45) is 0 Å². The van der Waals surface area contributed by atoms with Gasteiger partial charge in [0.05, 0.1) is 21.3 Å². The minimum absolute atomic E-state index is 0.0833. The van der Waals surface area contributed by atoms with Crippen LogP contribution in [0.1, 0.15) is 41.5 Å². The lowest BCUT2D eigenvalue weighted by Crippen LogP contribution is -2.34. The van der Waals surface area contributed by atoms with Crippen LogP contribution in [0, 0.1) is 6.92 Å². The third kappa shape index (κ3) is 3.33. The first-order chi connectivity index (χ1) is 16.1. The summed E-state index contributed by atoms with van der Waals surface area (Å²) < 4.78 is 18.5. The highest BCUT2D eigenvalue weighted by atomic mass is 16.5. The number of fused-ring (bicyclic) bond motifs is 1. The molecule has 1 N–H and O–H groups in total. The smallest absolute Gasteiger partial charge is 0.226 e. The second-order valence-electron chi connectivity index (χ2n) is 8.26. The molecule has 1 aliphatic heterocycles. The van der Waals surface area contributed by atoms with Gasteiger partial charge in [0.2, 0.25) is 11.7 Å². The number of methoxy groups -OCH3 is 3. The number of anilines is 1. The van der Waals surface area contributed by atoms with Gasteiger partial charge in [0.15, 0.2) is 17.3 Å². The largest absolute Gasteiger partial charge is 0.493 e. The number of allylic oxidation sites excluding steroid dienone is 2. The summed E-state index contributed by atoms with van der Waals surface area (Å²) in [6.07, 6.45) is 2.64. The zero-order valence-electron chi connectivity index (χ0n) is 19.1. The Morgan fingerprint density at radius 1 is 0.970 bits per heavy atom. The topological polar surface area (TPSA) is 87.5 Å². The Labute approximate surface area is 192 Å². The predicted molar refractivity (Wildman–Crippen MR) is 123 cm³/mol. The lowest BCUT2D eigenvalue weighted by Gasteiger charge is -2.36. The van der Waals surface area contributed by atoms with E-state index in [1.54, 1.807) is 26.0 Å². The van der Waals surface area contributed by atoms with E-state index < -0.39 is 6.04 Å². The van der Waals surface area contributed by atoms with Crippen LogP contribution in [0.4, 0.5) is 5.95 Å². The summed E-state index contributed by atoms with van der Waals surface area (Å²) in [5, 5.41) is 7.80. The van der Waals surface area contributed by atoms with Gasteiger partial charge >= 0.3 is 0 Å². The number of carbonyl (C=O) groups is 1. The van der Waals surface area contributed by atoms with E-state index in [4.69, 9.17) is 14.2 Å². The van der Waals surface area contributed by atoms with E-state index in [0.29, 0.717) is 41.6 Å². The number of ketones is 1. The summed E-state index contributed by atoms with van der Waals surface area (Å²) in [5.74, 6) is 2.31. The van der Waals surface area contributed by atoms with Crippen LogP contribution in [0.3, 0.4) is 0 Å². The first-order valence-electron chi connectivity index (χ1n) is 10.8. The number of rotatable bonds is 5. The lowest BCUT2D eigenvalue weighted by molar-refractivity contribution is -0.116. The van der Waals surface area contributed by atoms with Crippen molar-refractivity contribution in [1.29, 1.82) is 0 Å². The van der Waals surface area contributed by atoms with Gasteiger partial charge in [0.1, 0.15) is 12.4 Å². The summed E-state index contributed by atoms with van der Waals surface area (Å²) in [6.45, 7) is 2.09. The molecule has 2 aromatic carbocycles. The van der Waals surface area contributed by atoms with Crippen molar-refractivity contribution in [3.63, 3.8) is 0 Å². The van der Waals surface area contributed by atoms with Crippen LogP contribution in [0.15, 0.2) is 54.0 Å². The number of aromatic nitrogens is 3. The van der Waals surface area contributed by atoms with Crippen LogP contribution in [-0.4, -0.2) is 41.9 Å². The zero-order chi connectivity index (χ0) is 23.1. The molecule has 5 rings (SSSR count). The van der Waals surface area contributed by atoms with Gasteiger partial charge < -0.3 is 19.5 Å². The van der Waals surface area contributed by atoms with E-state index in [1.165, 1.54) is 17.5 Å². The minimum Gasteiger partial charge on any atom is -0.493 e. The molecule has 0 bridgehead atoms. The number of aryl methyl sites for hydroxylation is 1. The molecule has 33 heavy (non-hydrogen) atoms. The quantitative estimate of drug-likeness (QED) is 0.633. The molecular weight excluding hydrogens is 420 g/mol. The highest BCUT2D eigenvalue weighted by Crippen LogP contribution is 2.49. The maximum Gasteiger partial charge on any atom is 0.226 e. The monoisotopic (exact) mass is 446 g/mol. The Balaban J connectivity index is 1.66. The number of ether oxygens (including phenoxy) is 3. The molecule has 0 spiro atoms. The van der Waals surface area contributed by atoms with Crippen molar-refractivity contribution >= 4 is 11.7 Å². The fourth-order valence-electron chi connectivity index (χ4n) is 5.04. The SMILES string of the molecule is COc1ccc([C@@H]2C3=C(C[C@@H](c4ccccc4C)CC3=O)Nc3ncnn32)c(OC)c1OC. The minimum atomic E-state index is -0.487. The van der Waals surface area contributed by atoms with Gasteiger partial charge in [-0.2, -0.15) is 10.1 Å². The molecule has 2 atom stereocenters. The molecule has 8 nitrogen and oxygen atoms in total. The number of nitrogens with one attached hydrogen (secondary N) is 1. The third-order valence-corrected chi connectivity index (χ3v) is 6.52. The molecule has 1 aromatic heterocycles. The van der Waals surface area contributed by atoms with Gasteiger partial charge in [0.25, 0.3) is 0 Å². The second-order valence-corrected chi connectivity index (χ2v) is 8.26. The van der Waals surface area contributed by atoms with E-state index in [0.717, 1.165) is 11.3 Å². The van der Waals surface area contributed by atoms with Crippen molar-refractivity contribution in [3.05, 3.63) is 70.7 Å². The van der Waals surface area contributed by atoms with Gasteiger partial charge in [-0.05, 0) is 42.5 Å². The van der Waals surface area contributed by atoms with E-state index in [2.05, 4.69) is 34.5 Å². The van der Waals surface area contributed by atoms with Crippen molar-refractivity contribution < 1.29 is 19.0 Å². The van der Waals surface area contributed by atoms with Gasteiger partial charge in [0, 0.05) is 23.3 Å². The van der Waals surface area contributed by atoms with E-state index in [1.807, 2.05) is 24.3 Å². The molecule has 3 aromatic rings. The molecule has 2 aliphatic rings. The Hall–Kier alpha value is -3.81. The van der Waals surface area contributed by atoms with Crippen LogP contribution in [0.5, 0.6) is 17.2 Å². The molecule has 0 saturated heterocycles. The Kier molecular flexibility index (Phi) is 5.28. The van der Waals surface area contributed by atoms with Gasteiger partial charge in [-0.15, -0.1) is 0 Å². The molecule has 8 heteroatoms. The van der Waals surface area contributed by atoms with Crippen LogP contribution in [0.2, 0.25) is 0 Å². The Morgan fingerprint density at radius 3 is 2.48 bits per heavy atom. The van der Waals surface area contributed by atoms with E-state index in [9.17, 15) is 4.79 Å². The van der Waals surface area contributed by atoms with E-state index >= 15 is 0 Å². The van der Waals surface area contributed by atoms with Crippen molar-refractivity contribution in [2.45, 2.75) is 31.7 Å². The number of hydrogen-bond acceptors (Lipinski definition) is 7. The highest BCUT2D eigenvalue weighted by Gasteiger charge is 2.41. The number of Topliss-reactive ketones (excluding diaryl/α,β-unsaturated/α-hetero) is 1. The maximum atomic E-state index is 13.7. The third-order valence-electron chi connectivity index (χ3n) is 6.52. The molecule has 0 amide bonds. The summed E-state index contributed by atoms with van der Waals surface area (Å²) >= 11 is 0. The van der Waals surface area contributed by atoms with Crippen LogP contribution >= 0.6 is 0 Å². The number of carbonyl (C=O) groups excluding carboxylic acids is 1. The standard InChI is InChI=1S/C25H26N4O4/c1-14-7-5-6-8-16(14)15-11-18-21(19(30)12-15)22(29-25(28-18)26-13-27-29)17-9-10-20(31-2)24(33-4)23(17)32-3/h5-10,13,15,22H,11-12H2,1-4H3,(H,26,27,28)/t15-,22-/m1/s1. The molecule has 1 aliphatic carbocycles. The lowest BCUT2D eigenvalue weighted by atomic mass is 9.77. The highest BCUT2D eigenvalue weighted by molar-refractivity contribution is 6.00. The van der Waals surface area contributed by atoms with Crippen molar-refractivity contribution in [1.82, 2.24) is 14.8 Å². The van der Waals surface area contributed by atoms with E-state index in [-0.39, 0.29) is 11.7 Å². The molecule has 0 saturated carbocycles. The fraction of sp³-hybridized carbons (Fsp3) is 0.320. The average molecular weight is 447 g/mol. The predicted octanol–water partition coefficient (Wildman–Crippen LogP) is 4.03. The molecule has 0 radical (unpaired) electrons. The summed E-state index contributed by atoms with van der Waals surface area (Å²) in [7, 11) is 4.72. The zero-order valence-corrected chi connectivity index (χ0v) is 19.1. The molecule has 0 unspecified atom stereocenters. The molecule has 0 fully saturated rings. The number of benzene rings is 2. The fourth-order valence-corrected chi connectivity index (χ4v) is 5.04. The number of nitrogens with zero attached hydrogens (tertiary/aromatic N) is 3. The first kappa shape index (κ1) is 21.1. The van der Waals surface area contributed by atoms with Crippen LogP contribution in [-0.2, 0) is 4.79 Å². The van der Waals surface area contributed by atoms with Crippen LogP contribution in [0.25, 0.3) is 0 Å². The summed E-state index contributed by atoms with van der Waals surface area (Å²) in [5.41, 5.74) is 4.71. The van der Waals surface area contributed by atoms with Crippen molar-refractivity contribution in [3.8, 4) is 17.2 Å². The van der Waals surface area contributed by atoms with Gasteiger partial charge in [-0.3, -0.25) is 4.79 Å². The second kappa shape index (κ2) is 8.27. The van der Waals surface area contributed by atoms with Gasteiger partial charge in [-0.25, -0.2) is 4.68 Å². The molecular formula is C25H26N4O4. The summed E-state index contributed by atoms with van der Waals surface area (Å²) in [4.78, 5) is 18.1. The Morgan fingerprint density at radius 2 is 1.76 bits per heavy atom. The first-order valence-corrected chi connectivity index (χ1v) is 10.8. The van der Waals surface area contributed by atoms with Crippen LogP contribution < -0.4 is 19.5 Å². The Bertz CT molecular complexity index is 1260. The summed E-state index contributed by atoms with van der Waals surface area (Å²) in [6, 6.07) is 11.5. The molecule has 2 heterocycles. The molecule has 170 valence electrons. The maximum absolute atomic E-state index is 13.7. The normalized spacial score (nSPS) is 19.5. The van der Waals surface area contributed by atoms with Crippen molar-refractivity contribution in [2.75, 3.05) is 26.6 Å². The van der Waals surface area contributed by atoms with Gasteiger partial charge in [-0.1, -0.05) is 24.3 Å². The average Bonchev–Trinajstić information content (AvgIpc) is 3.30. The number of hydrogen-bond donors (Lipinski definition) is 1.